The molecule has 3 rings (SSSR count). The van der Waals surface area contributed by atoms with E-state index in [1.165, 1.54) is 28.9 Å². The van der Waals surface area contributed by atoms with Crippen LogP contribution >= 0.6 is 15.9 Å². The molecule has 0 aliphatic rings. The van der Waals surface area contributed by atoms with E-state index in [9.17, 15) is 14.0 Å². The van der Waals surface area contributed by atoms with Crippen molar-refractivity contribution in [1.29, 1.82) is 0 Å². The average Bonchev–Trinajstić information content (AvgIpc) is 2.50. The zero-order valence-electron chi connectivity index (χ0n) is 11.1. The number of rotatable bonds is 2. The first-order chi connectivity index (χ1) is 10.6. The maximum Gasteiger partial charge on any atom is 0.270 e. The van der Waals surface area contributed by atoms with Crippen LogP contribution in [0.1, 0.15) is 10.4 Å². The summed E-state index contributed by atoms with van der Waals surface area (Å²) >= 11 is 3.13. The van der Waals surface area contributed by atoms with Gasteiger partial charge < -0.3 is 5.32 Å². The number of benzene rings is 1. The topological polar surface area (TPSA) is 63.5 Å². The lowest BCUT2D eigenvalue weighted by Gasteiger charge is -2.07. The van der Waals surface area contributed by atoms with E-state index >= 15 is 0 Å². The lowest BCUT2D eigenvalue weighted by Crippen LogP contribution is -2.26. The number of nitrogens with zero attached hydrogens (tertiary/aromatic N) is 2. The molecule has 0 atom stereocenters. The van der Waals surface area contributed by atoms with Crippen molar-refractivity contribution in [1.82, 2.24) is 9.38 Å². The van der Waals surface area contributed by atoms with Gasteiger partial charge in [-0.1, -0.05) is 22.0 Å². The summed E-state index contributed by atoms with van der Waals surface area (Å²) in [7, 11) is 0. The summed E-state index contributed by atoms with van der Waals surface area (Å²) in [6, 6.07) is 9.26. The van der Waals surface area contributed by atoms with Gasteiger partial charge >= 0.3 is 0 Å². The second kappa shape index (κ2) is 5.69. The van der Waals surface area contributed by atoms with Gasteiger partial charge in [-0.05, 0) is 30.3 Å². The molecular weight excluding hydrogens is 353 g/mol. The number of carbonyl (C=O) groups excluding carboxylic acids is 1. The highest BCUT2D eigenvalue weighted by molar-refractivity contribution is 9.10. The number of halogens is 2. The predicted octanol–water partition coefficient (Wildman–Crippen LogP) is 2.85. The summed E-state index contributed by atoms with van der Waals surface area (Å²) in [6.45, 7) is 0. The highest BCUT2D eigenvalue weighted by atomic mass is 79.9. The molecule has 0 saturated carbocycles. The van der Waals surface area contributed by atoms with E-state index in [4.69, 9.17) is 0 Å². The summed E-state index contributed by atoms with van der Waals surface area (Å²) in [5.74, 6) is -1.31. The lowest BCUT2D eigenvalue weighted by atomic mass is 10.2. The first kappa shape index (κ1) is 14.4. The van der Waals surface area contributed by atoms with E-state index in [-0.39, 0.29) is 11.3 Å². The number of hydrogen-bond donors (Lipinski definition) is 1. The van der Waals surface area contributed by atoms with Crippen molar-refractivity contribution in [3.05, 3.63) is 75.0 Å². The van der Waals surface area contributed by atoms with E-state index in [0.717, 1.165) is 0 Å². The molecule has 7 heteroatoms. The molecule has 2 aromatic heterocycles. The summed E-state index contributed by atoms with van der Waals surface area (Å²) in [4.78, 5) is 28.5. The van der Waals surface area contributed by atoms with E-state index in [1.807, 2.05) is 0 Å². The van der Waals surface area contributed by atoms with E-state index in [0.29, 0.717) is 10.1 Å². The minimum atomic E-state index is -0.711. The summed E-state index contributed by atoms with van der Waals surface area (Å²) in [6.07, 6.45) is 2.70. The number of pyridine rings is 1. The highest BCUT2D eigenvalue weighted by Crippen LogP contribution is 2.19. The Kier molecular flexibility index (Phi) is 3.72. The summed E-state index contributed by atoms with van der Waals surface area (Å²) in [5, 5.41) is 2.37. The lowest BCUT2D eigenvalue weighted by molar-refractivity contribution is 0.102. The van der Waals surface area contributed by atoms with Gasteiger partial charge in [0.05, 0.1) is 5.69 Å². The number of carbonyl (C=O) groups is 1. The average molecular weight is 362 g/mol. The highest BCUT2D eigenvalue weighted by Gasteiger charge is 2.15. The molecule has 2 heterocycles. The fraction of sp³-hybridized carbons (Fsp3) is 0. The number of hydrogen-bond acceptors (Lipinski definition) is 3. The molecule has 5 nitrogen and oxygen atoms in total. The van der Waals surface area contributed by atoms with Gasteiger partial charge in [-0.2, -0.15) is 0 Å². The first-order valence-electron chi connectivity index (χ1n) is 6.29. The Hall–Kier alpha value is -2.54. The van der Waals surface area contributed by atoms with Gasteiger partial charge in [0, 0.05) is 16.9 Å². The fourth-order valence-corrected chi connectivity index (χ4v) is 2.30. The molecule has 0 radical (unpaired) electrons. The van der Waals surface area contributed by atoms with Crippen LogP contribution in [0.15, 0.2) is 58.1 Å². The van der Waals surface area contributed by atoms with Crippen LogP contribution in [0.5, 0.6) is 0 Å². The van der Waals surface area contributed by atoms with E-state index in [2.05, 4.69) is 26.2 Å². The van der Waals surface area contributed by atoms with Crippen LogP contribution in [0.25, 0.3) is 5.65 Å². The minimum absolute atomic E-state index is 0.00856. The Morgan fingerprint density at radius 1 is 1.27 bits per heavy atom. The molecule has 1 N–H and O–H groups in total. The van der Waals surface area contributed by atoms with Gasteiger partial charge in [-0.15, -0.1) is 0 Å². The molecule has 110 valence electrons. The van der Waals surface area contributed by atoms with Crippen LogP contribution in [0.3, 0.4) is 0 Å². The van der Waals surface area contributed by atoms with Crippen LogP contribution < -0.4 is 10.9 Å². The third-order valence-electron chi connectivity index (χ3n) is 3.04. The Morgan fingerprint density at radius 3 is 2.86 bits per heavy atom. The third kappa shape index (κ3) is 2.62. The van der Waals surface area contributed by atoms with E-state index in [1.54, 1.807) is 24.3 Å². The maximum atomic E-state index is 13.7. The molecule has 1 amide bonds. The van der Waals surface area contributed by atoms with Crippen LogP contribution in [-0.2, 0) is 0 Å². The molecule has 0 spiro atoms. The van der Waals surface area contributed by atoms with Crippen molar-refractivity contribution in [2.75, 3.05) is 5.32 Å². The number of fused-ring (bicyclic) bond motifs is 1. The van der Waals surface area contributed by atoms with Gasteiger partial charge in [0.1, 0.15) is 17.0 Å². The fourth-order valence-electron chi connectivity index (χ4n) is 1.96. The Bertz CT molecular complexity index is 939. The summed E-state index contributed by atoms with van der Waals surface area (Å²) in [5.41, 5.74) is -0.253. The zero-order valence-corrected chi connectivity index (χ0v) is 12.7. The van der Waals surface area contributed by atoms with Gasteiger partial charge in [-0.3, -0.25) is 14.0 Å². The second-order valence-electron chi connectivity index (χ2n) is 4.48. The maximum absolute atomic E-state index is 13.7. The Balaban J connectivity index is 1.99. The molecule has 3 aromatic rings. The second-order valence-corrected chi connectivity index (χ2v) is 5.40. The molecule has 0 aliphatic carbocycles. The van der Waals surface area contributed by atoms with Crippen molar-refractivity contribution >= 4 is 33.2 Å². The van der Waals surface area contributed by atoms with E-state index < -0.39 is 17.3 Å². The zero-order chi connectivity index (χ0) is 15.7. The smallest absolute Gasteiger partial charge is 0.270 e. The monoisotopic (exact) mass is 361 g/mol. The molecule has 0 fully saturated rings. The van der Waals surface area contributed by atoms with Crippen LogP contribution in [0, 0.1) is 5.82 Å². The standard InChI is InChI=1S/C15H9BrFN3O2/c16-9-4-5-12(11(17)7-9)19-14(21)10-8-18-13-3-1-2-6-20(13)15(10)22/h1-8H,(H,19,21). The summed E-state index contributed by atoms with van der Waals surface area (Å²) < 4.78 is 15.5. The van der Waals surface area contributed by atoms with Crippen LogP contribution in [0.2, 0.25) is 0 Å². The molecule has 22 heavy (non-hydrogen) atoms. The Labute approximate surface area is 132 Å². The first-order valence-corrected chi connectivity index (χ1v) is 7.08. The predicted molar refractivity (Wildman–Crippen MR) is 83.5 cm³/mol. The van der Waals surface area contributed by atoms with Crippen molar-refractivity contribution in [2.24, 2.45) is 0 Å². The number of aromatic nitrogens is 2. The quantitative estimate of drug-likeness (QED) is 0.763. The molecule has 0 saturated heterocycles. The van der Waals surface area contributed by atoms with Crippen molar-refractivity contribution in [2.45, 2.75) is 0 Å². The largest absolute Gasteiger partial charge is 0.319 e. The number of amides is 1. The van der Waals surface area contributed by atoms with Gasteiger partial charge in [0.15, 0.2) is 0 Å². The molecule has 0 bridgehead atoms. The number of nitrogens with one attached hydrogen (secondary N) is 1. The molecular formula is C15H9BrFN3O2. The van der Waals surface area contributed by atoms with Crippen LogP contribution in [-0.4, -0.2) is 15.3 Å². The molecule has 1 aromatic carbocycles. The van der Waals surface area contributed by atoms with Crippen molar-refractivity contribution in [3.8, 4) is 0 Å². The SMILES string of the molecule is O=C(Nc1ccc(Br)cc1F)c1cnc2ccccn2c1=O. The number of anilines is 1. The van der Waals surface area contributed by atoms with Crippen molar-refractivity contribution < 1.29 is 9.18 Å². The van der Waals surface area contributed by atoms with Gasteiger partial charge in [0.25, 0.3) is 11.5 Å². The normalized spacial score (nSPS) is 10.6. The van der Waals surface area contributed by atoms with Crippen LogP contribution in [0.4, 0.5) is 10.1 Å². The molecule has 0 unspecified atom stereocenters. The minimum Gasteiger partial charge on any atom is -0.319 e. The third-order valence-corrected chi connectivity index (χ3v) is 3.53. The van der Waals surface area contributed by atoms with Crippen molar-refractivity contribution in [3.63, 3.8) is 0 Å². The van der Waals surface area contributed by atoms with Gasteiger partial charge in [-0.25, -0.2) is 9.37 Å². The van der Waals surface area contributed by atoms with Gasteiger partial charge in [0.2, 0.25) is 0 Å². The molecule has 0 aliphatic heterocycles. The Morgan fingerprint density at radius 2 is 2.09 bits per heavy atom.